The monoisotopic (exact) mass is 271 g/mol. The largest absolute Gasteiger partial charge is 0.349 e. The molecule has 0 unspecified atom stereocenters. The van der Waals surface area contributed by atoms with Gasteiger partial charge in [0, 0.05) is 5.70 Å². The van der Waals surface area contributed by atoms with E-state index in [1.54, 1.807) is 0 Å². The van der Waals surface area contributed by atoms with Crippen LogP contribution in [0.4, 0.5) is 0 Å². The van der Waals surface area contributed by atoms with Crippen molar-refractivity contribution in [2.45, 2.75) is 6.92 Å². The van der Waals surface area contributed by atoms with E-state index < -0.39 is 0 Å². The van der Waals surface area contributed by atoms with Crippen molar-refractivity contribution in [3.8, 4) is 0 Å². The van der Waals surface area contributed by atoms with Crippen molar-refractivity contribution in [2.75, 3.05) is 0 Å². The molecule has 0 atom stereocenters. The van der Waals surface area contributed by atoms with Crippen LogP contribution < -0.4 is 5.32 Å². The van der Waals surface area contributed by atoms with Gasteiger partial charge in [0.25, 0.3) is 0 Å². The molecule has 0 bridgehead atoms. The molecule has 0 saturated heterocycles. The van der Waals surface area contributed by atoms with E-state index in [0.717, 1.165) is 10.3 Å². The maximum absolute atomic E-state index is 3.48. The van der Waals surface area contributed by atoms with Gasteiger partial charge in [-0.25, -0.2) is 0 Å². The first-order chi connectivity index (χ1) is 6.27. The molecule has 1 aliphatic heterocycles. The number of nitrogens with one attached hydrogen (secondary N) is 1. The number of fused-ring (bicyclic) bond motifs is 1. The lowest BCUT2D eigenvalue weighted by atomic mass is 10.1. The lowest BCUT2D eigenvalue weighted by Gasteiger charge is -2.17. The second-order valence-corrected chi connectivity index (χ2v) is 3.84. The molecule has 74 valence electrons. The Morgan fingerprint density at radius 3 is 2.79 bits per heavy atom. The van der Waals surface area contributed by atoms with E-state index in [1.165, 1.54) is 11.1 Å². The van der Waals surface area contributed by atoms with Crippen molar-refractivity contribution < 1.29 is 0 Å². The van der Waals surface area contributed by atoms with Crippen LogP contribution in [-0.2, 0) is 0 Å². The first-order valence-corrected chi connectivity index (χ1v) is 4.97. The average Bonchev–Trinajstić information content (AvgIpc) is 2.31. The molecule has 0 spiro atoms. The van der Waals surface area contributed by atoms with Crippen LogP contribution in [0.25, 0.3) is 0 Å². The predicted octanol–water partition coefficient (Wildman–Crippen LogP) is 3.57. The van der Waals surface area contributed by atoms with Crippen LogP contribution in [0.5, 0.6) is 0 Å². The highest BCUT2D eigenvalue weighted by atomic mass is 79.9. The summed E-state index contributed by atoms with van der Waals surface area (Å²) < 4.78 is 1.05. The summed E-state index contributed by atoms with van der Waals surface area (Å²) in [6.07, 6.45) is 12.4. The third-order valence-electron chi connectivity index (χ3n) is 2.03. The summed E-state index contributed by atoms with van der Waals surface area (Å²) in [4.78, 5) is 0. The van der Waals surface area contributed by atoms with E-state index >= 15 is 0 Å². The van der Waals surface area contributed by atoms with Crippen LogP contribution >= 0.6 is 28.3 Å². The van der Waals surface area contributed by atoms with Crippen molar-refractivity contribution in [2.24, 2.45) is 0 Å². The quantitative estimate of drug-likeness (QED) is 0.665. The number of dihydropyridines is 1. The van der Waals surface area contributed by atoms with Gasteiger partial charge >= 0.3 is 0 Å². The fourth-order valence-electron chi connectivity index (χ4n) is 1.31. The Labute approximate surface area is 98.5 Å². The van der Waals surface area contributed by atoms with Crippen LogP contribution in [-0.4, -0.2) is 0 Å². The summed E-state index contributed by atoms with van der Waals surface area (Å²) in [6.45, 7) is 2.08. The number of rotatable bonds is 0. The molecular formula is C11H11BrClN. The smallest absolute Gasteiger partial charge is 0.0854 e. The molecule has 3 heteroatoms. The zero-order valence-corrected chi connectivity index (χ0v) is 10.2. The van der Waals surface area contributed by atoms with E-state index in [1.807, 2.05) is 18.2 Å². The predicted molar refractivity (Wildman–Crippen MR) is 66.5 cm³/mol. The van der Waals surface area contributed by atoms with Gasteiger partial charge in [-0.05, 0) is 46.2 Å². The minimum atomic E-state index is 0. The Morgan fingerprint density at radius 1 is 1.21 bits per heavy atom. The standard InChI is InChI=1S/C11H10BrN.ClH/c1-8-7-9-5-3-2-4-6-10(9)13-11(8)12;/h2-7,13H,1H3;1H. The highest BCUT2D eigenvalue weighted by molar-refractivity contribution is 9.11. The van der Waals surface area contributed by atoms with Gasteiger partial charge in [-0.3, -0.25) is 0 Å². The molecule has 2 aliphatic rings. The summed E-state index contributed by atoms with van der Waals surface area (Å²) in [5, 5.41) is 3.29. The first kappa shape index (κ1) is 11.3. The minimum Gasteiger partial charge on any atom is -0.349 e. The Bertz CT molecular complexity index is 386. The molecule has 0 saturated carbocycles. The highest BCUT2D eigenvalue weighted by Crippen LogP contribution is 2.24. The van der Waals surface area contributed by atoms with Gasteiger partial charge in [-0.15, -0.1) is 12.4 Å². The maximum Gasteiger partial charge on any atom is 0.0854 e. The molecule has 1 nitrogen and oxygen atoms in total. The normalized spacial score (nSPS) is 18.7. The lowest BCUT2D eigenvalue weighted by molar-refractivity contribution is 1.03. The highest BCUT2D eigenvalue weighted by Gasteiger charge is 2.10. The second kappa shape index (κ2) is 4.67. The molecule has 14 heavy (non-hydrogen) atoms. The zero-order chi connectivity index (χ0) is 9.26. The number of halogens is 2. The van der Waals surface area contributed by atoms with Gasteiger partial charge in [-0.2, -0.15) is 0 Å². The second-order valence-electron chi connectivity index (χ2n) is 3.05. The topological polar surface area (TPSA) is 12.0 Å². The molecule has 0 aromatic rings. The van der Waals surface area contributed by atoms with Crippen molar-refractivity contribution >= 4 is 28.3 Å². The number of hydrogen-bond donors (Lipinski definition) is 1. The van der Waals surface area contributed by atoms with Gasteiger partial charge in [0.05, 0.1) is 4.61 Å². The van der Waals surface area contributed by atoms with Crippen molar-refractivity contribution in [1.29, 1.82) is 0 Å². The molecule has 1 aliphatic carbocycles. The average molecular weight is 273 g/mol. The van der Waals surface area contributed by atoms with E-state index in [9.17, 15) is 0 Å². The van der Waals surface area contributed by atoms with Crippen LogP contribution in [0, 0.1) is 0 Å². The SMILES string of the molecule is CC1=C(Br)NC2=CC=CC=CC2=C1.Cl. The third-order valence-corrected chi connectivity index (χ3v) is 2.86. The van der Waals surface area contributed by atoms with Crippen molar-refractivity contribution in [3.63, 3.8) is 0 Å². The lowest BCUT2D eigenvalue weighted by Crippen LogP contribution is -2.15. The summed E-state index contributed by atoms with van der Waals surface area (Å²) in [5.74, 6) is 0. The summed E-state index contributed by atoms with van der Waals surface area (Å²) in [6, 6.07) is 0. The summed E-state index contributed by atoms with van der Waals surface area (Å²) in [5.41, 5.74) is 3.59. The Balaban J connectivity index is 0.000000980. The van der Waals surface area contributed by atoms with Crippen molar-refractivity contribution in [1.82, 2.24) is 5.32 Å². The molecule has 0 aromatic heterocycles. The van der Waals surface area contributed by atoms with E-state index in [4.69, 9.17) is 0 Å². The fourth-order valence-corrected chi connectivity index (χ4v) is 1.64. The van der Waals surface area contributed by atoms with E-state index in [0.29, 0.717) is 0 Å². The molecule has 2 rings (SSSR count). The Kier molecular flexibility index (Phi) is 3.78. The molecular weight excluding hydrogens is 261 g/mol. The summed E-state index contributed by atoms with van der Waals surface area (Å²) in [7, 11) is 0. The Morgan fingerprint density at radius 2 is 2.00 bits per heavy atom. The molecule has 1 heterocycles. The molecule has 1 N–H and O–H groups in total. The summed E-state index contributed by atoms with van der Waals surface area (Å²) >= 11 is 3.48. The van der Waals surface area contributed by atoms with E-state index in [-0.39, 0.29) is 12.4 Å². The number of hydrogen-bond acceptors (Lipinski definition) is 1. The minimum absolute atomic E-state index is 0. The molecule has 0 radical (unpaired) electrons. The van der Waals surface area contributed by atoms with Crippen LogP contribution in [0.2, 0.25) is 0 Å². The maximum atomic E-state index is 3.48. The van der Waals surface area contributed by atoms with Gasteiger partial charge in [0.1, 0.15) is 0 Å². The van der Waals surface area contributed by atoms with Crippen LogP contribution in [0.15, 0.2) is 57.9 Å². The van der Waals surface area contributed by atoms with Gasteiger partial charge in [-0.1, -0.05) is 24.3 Å². The Hall–Kier alpha value is -0.730. The van der Waals surface area contributed by atoms with Gasteiger partial charge < -0.3 is 5.32 Å². The molecule has 0 amide bonds. The van der Waals surface area contributed by atoms with Gasteiger partial charge in [0.15, 0.2) is 0 Å². The van der Waals surface area contributed by atoms with E-state index in [2.05, 4.69) is 46.4 Å². The zero-order valence-electron chi connectivity index (χ0n) is 7.75. The molecule has 0 fully saturated rings. The first-order valence-electron chi connectivity index (χ1n) is 4.18. The number of allylic oxidation sites excluding steroid dienone is 7. The van der Waals surface area contributed by atoms with Crippen LogP contribution in [0.1, 0.15) is 6.92 Å². The fraction of sp³-hybridized carbons (Fsp3) is 0.0909. The third kappa shape index (κ3) is 2.20. The molecule has 0 aromatic carbocycles. The van der Waals surface area contributed by atoms with Crippen LogP contribution in [0.3, 0.4) is 0 Å². The van der Waals surface area contributed by atoms with Gasteiger partial charge in [0.2, 0.25) is 0 Å². The van der Waals surface area contributed by atoms with Crippen molar-refractivity contribution in [3.05, 3.63) is 57.9 Å².